The fourth-order valence-corrected chi connectivity index (χ4v) is 1.00. The lowest BCUT2D eigenvalue weighted by Gasteiger charge is -1.93. The SMILES string of the molecule is O=Cc1noc(-c2ccc(O)cc2)n1. The first-order valence-electron chi connectivity index (χ1n) is 3.88. The van der Waals surface area contributed by atoms with E-state index in [1.54, 1.807) is 12.1 Å². The minimum atomic E-state index is 0.00748. The van der Waals surface area contributed by atoms with Crippen LogP contribution in [-0.2, 0) is 0 Å². The Balaban J connectivity index is 2.39. The minimum Gasteiger partial charge on any atom is -0.508 e. The summed E-state index contributed by atoms with van der Waals surface area (Å²) in [4.78, 5) is 14.1. The lowest BCUT2D eigenvalue weighted by Crippen LogP contribution is -1.81. The molecule has 0 atom stereocenters. The maximum absolute atomic E-state index is 10.3. The van der Waals surface area contributed by atoms with Crippen molar-refractivity contribution in [2.75, 3.05) is 0 Å². The van der Waals surface area contributed by atoms with Crippen LogP contribution in [0.1, 0.15) is 10.6 Å². The summed E-state index contributed by atoms with van der Waals surface area (Å²) in [6.45, 7) is 0. The molecule has 5 heteroatoms. The molecule has 0 aliphatic heterocycles. The van der Waals surface area contributed by atoms with Gasteiger partial charge in [-0.2, -0.15) is 4.98 Å². The van der Waals surface area contributed by atoms with Gasteiger partial charge < -0.3 is 9.63 Å². The van der Waals surface area contributed by atoms with E-state index in [4.69, 9.17) is 9.63 Å². The molecule has 0 bridgehead atoms. The molecule has 1 N–H and O–H groups in total. The Morgan fingerprint density at radius 2 is 2.00 bits per heavy atom. The maximum Gasteiger partial charge on any atom is 0.258 e. The number of aromatic hydroxyl groups is 1. The predicted octanol–water partition coefficient (Wildman–Crippen LogP) is 1.25. The molecule has 0 unspecified atom stereocenters. The molecule has 0 spiro atoms. The monoisotopic (exact) mass is 190 g/mol. The van der Waals surface area contributed by atoms with Crippen molar-refractivity contribution in [1.82, 2.24) is 10.1 Å². The van der Waals surface area contributed by atoms with Crippen molar-refractivity contribution in [2.24, 2.45) is 0 Å². The summed E-state index contributed by atoms with van der Waals surface area (Å²) in [5.41, 5.74) is 0.656. The van der Waals surface area contributed by atoms with Gasteiger partial charge in [-0.15, -0.1) is 0 Å². The molecule has 0 aliphatic rings. The normalized spacial score (nSPS) is 10.0. The first-order valence-corrected chi connectivity index (χ1v) is 3.88. The van der Waals surface area contributed by atoms with Crippen molar-refractivity contribution in [3.8, 4) is 17.2 Å². The molecule has 0 aliphatic carbocycles. The number of carbonyl (C=O) groups is 1. The standard InChI is InChI=1S/C9H6N2O3/c12-5-8-10-9(14-11-8)6-1-3-7(13)4-2-6/h1-5,13H. The number of rotatable bonds is 2. The van der Waals surface area contributed by atoms with Gasteiger partial charge in [0.05, 0.1) is 0 Å². The van der Waals surface area contributed by atoms with E-state index in [-0.39, 0.29) is 17.5 Å². The number of benzene rings is 1. The fraction of sp³-hybridized carbons (Fsp3) is 0. The van der Waals surface area contributed by atoms with E-state index in [9.17, 15) is 4.79 Å². The average Bonchev–Trinajstić information content (AvgIpc) is 2.67. The van der Waals surface area contributed by atoms with Crippen LogP contribution in [0.5, 0.6) is 5.75 Å². The maximum atomic E-state index is 10.3. The lowest BCUT2D eigenvalue weighted by atomic mass is 10.2. The van der Waals surface area contributed by atoms with Crippen molar-refractivity contribution in [2.45, 2.75) is 0 Å². The van der Waals surface area contributed by atoms with Crippen LogP contribution in [0.2, 0.25) is 0 Å². The number of hydrogen-bond acceptors (Lipinski definition) is 5. The zero-order valence-corrected chi connectivity index (χ0v) is 7.04. The average molecular weight is 190 g/mol. The van der Waals surface area contributed by atoms with Crippen molar-refractivity contribution >= 4 is 6.29 Å². The van der Waals surface area contributed by atoms with Gasteiger partial charge in [0.1, 0.15) is 5.75 Å². The third kappa shape index (κ3) is 1.47. The highest BCUT2D eigenvalue weighted by atomic mass is 16.5. The van der Waals surface area contributed by atoms with Gasteiger partial charge in [0.2, 0.25) is 5.82 Å². The molecule has 0 fully saturated rings. The Labute approximate surface area is 79.0 Å². The van der Waals surface area contributed by atoms with Crippen LogP contribution in [0.15, 0.2) is 28.8 Å². The number of carbonyl (C=O) groups excluding carboxylic acids is 1. The first kappa shape index (κ1) is 8.43. The number of phenols is 1. The zero-order chi connectivity index (χ0) is 9.97. The highest BCUT2D eigenvalue weighted by molar-refractivity contribution is 5.69. The zero-order valence-electron chi connectivity index (χ0n) is 7.04. The lowest BCUT2D eigenvalue weighted by molar-refractivity contribution is 0.111. The third-order valence-electron chi connectivity index (χ3n) is 1.66. The second-order valence-electron chi connectivity index (χ2n) is 2.62. The summed E-state index contributed by atoms with van der Waals surface area (Å²) in [5, 5.41) is 12.4. The quantitative estimate of drug-likeness (QED) is 0.721. The summed E-state index contributed by atoms with van der Waals surface area (Å²) in [6, 6.07) is 6.25. The highest BCUT2D eigenvalue weighted by Crippen LogP contribution is 2.19. The van der Waals surface area contributed by atoms with Crippen LogP contribution < -0.4 is 0 Å². The van der Waals surface area contributed by atoms with Gasteiger partial charge in [0.25, 0.3) is 5.89 Å². The van der Waals surface area contributed by atoms with Gasteiger partial charge in [0, 0.05) is 5.56 Å². The van der Waals surface area contributed by atoms with Crippen molar-refractivity contribution in [1.29, 1.82) is 0 Å². The molecule has 14 heavy (non-hydrogen) atoms. The van der Waals surface area contributed by atoms with Crippen molar-refractivity contribution in [3.63, 3.8) is 0 Å². The highest BCUT2D eigenvalue weighted by Gasteiger charge is 2.07. The summed E-state index contributed by atoms with van der Waals surface area (Å²) in [6.07, 6.45) is 0.507. The first-order chi connectivity index (χ1) is 6.79. The van der Waals surface area contributed by atoms with E-state index in [0.717, 1.165) is 0 Å². The Bertz CT molecular complexity index is 447. The molecule has 0 amide bonds. The minimum absolute atomic E-state index is 0.00748. The molecular formula is C9H6N2O3. The summed E-state index contributed by atoms with van der Waals surface area (Å²) < 4.78 is 4.81. The van der Waals surface area contributed by atoms with Gasteiger partial charge >= 0.3 is 0 Å². The molecule has 1 aromatic heterocycles. The van der Waals surface area contributed by atoms with Crippen molar-refractivity contribution in [3.05, 3.63) is 30.1 Å². The van der Waals surface area contributed by atoms with Crippen LogP contribution in [-0.4, -0.2) is 21.5 Å². The van der Waals surface area contributed by atoms with E-state index in [1.807, 2.05) is 0 Å². The fourth-order valence-electron chi connectivity index (χ4n) is 1.00. The van der Waals surface area contributed by atoms with Gasteiger partial charge in [-0.05, 0) is 24.3 Å². The van der Waals surface area contributed by atoms with Crippen LogP contribution in [0.3, 0.4) is 0 Å². The van der Waals surface area contributed by atoms with Gasteiger partial charge in [-0.1, -0.05) is 5.16 Å². The number of phenolic OH excluding ortho intramolecular Hbond substituents is 1. The molecule has 70 valence electrons. The Hall–Kier alpha value is -2.17. The molecule has 1 heterocycles. The van der Waals surface area contributed by atoms with Gasteiger partial charge in [0.15, 0.2) is 6.29 Å². The Morgan fingerprint density at radius 1 is 1.29 bits per heavy atom. The molecule has 1 aromatic carbocycles. The predicted molar refractivity (Wildman–Crippen MR) is 46.8 cm³/mol. The Kier molecular flexibility index (Phi) is 1.98. The number of aromatic nitrogens is 2. The number of nitrogens with zero attached hydrogens (tertiary/aromatic N) is 2. The molecular weight excluding hydrogens is 184 g/mol. The molecule has 0 saturated carbocycles. The van der Waals surface area contributed by atoms with Crippen LogP contribution in [0, 0.1) is 0 Å². The molecule has 2 rings (SSSR count). The summed E-state index contributed by atoms with van der Waals surface area (Å²) in [5.74, 6) is 0.420. The van der Waals surface area contributed by atoms with E-state index in [0.29, 0.717) is 11.8 Å². The van der Waals surface area contributed by atoms with Crippen LogP contribution in [0.25, 0.3) is 11.5 Å². The molecule has 0 radical (unpaired) electrons. The number of aldehydes is 1. The smallest absolute Gasteiger partial charge is 0.258 e. The summed E-state index contributed by atoms with van der Waals surface area (Å²) in [7, 11) is 0. The van der Waals surface area contributed by atoms with Crippen LogP contribution in [0.4, 0.5) is 0 Å². The second kappa shape index (κ2) is 3.29. The number of hydrogen-bond donors (Lipinski definition) is 1. The molecule has 2 aromatic rings. The Morgan fingerprint density at radius 3 is 2.57 bits per heavy atom. The van der Waals surface area contributed by atoms with Gasteiger partial charge in [-0.3, -0.25) is 4.79 Å². The summed E-state index contributed by atoms with van der Waals surface area (Å²) >= 11 is 0. The topological polar surface area (TPSA) is 76.2 Å². The van der Waals surface area contributed by atoms with E-state index in [2.05, 4.69) is 10.1 Å². The molecule has 0 saturated heterocycles. The van der Waals surface area contributed by atoms with Crippen molar-refractivity contribution < 1.29 is 14.4 Å². The largest absolute Gasteiger partial charge is 0.508 e. The third-order valence-corrected chi connectivity index (χ3v) is 1.66. The second-order valence-corrected chi connectivity index (χ2v) is 2.62. The van der Waals surface area contributed by atoms with Crippen LogP contribution >= 0.6 is 0 Å². The molecule has 5 nitrogen and oxygen atoms in total. The van der Waals surface area contributed by atoms with Gasteiger partial charge in [-0.25, -0.2) is 0 Å². The van der Waals surface area contributed by atoms with E-state index >= 15 is 0 Å². The van der Waals surface area contributed by atoms with E-state index in [1.165, 1.54) is 12.1 Å². The van der Waals surface area contributed by atoms with E-state index < -0.39 is 0 Å².